The Kier molecular flexibility index (Phi) is 4.67. The maximum Gasteiger partial charge on any atom is 0.263 e. The van der Waals surface area contributed by atoms with Gasteiger partial charge in [-0.25, -0.2) is 12.8 Å². The zero-order chi connectivity index (χ0) is 14.8. The largest absolute Gasteiger partial charge is 0.280 e. The highest BCUT2D eigenvalue weighted by Crippen LogP contribution is 2.24. The standard InChI is InChI=1S/C13H10BrClFNO2S/c14-8-9-1-4-11(5-2-9)17-20(18,19)13-7-10(16)3-6-12(13)15/h1-7,17H,8H2. The molecule has 0 saturated carbocycles. The van der Waals surface area contributed by atoms with Crippen molar-refractivity contribution in [2.75, 3.05) is 4.72 Å². The van der Waals surface area contributed by atoms with Gasteiger partial charge in [-0.15, -0.1) is 0 Å². The number of rotatable bonds is 4. The van der Waals surface area contributed by atoms with Crippen LogP contribution in [0.5, 0.6) is 0 Å². The SMILES string of the molecule is O=S(=O)(Nc1ccc(CBr)cc1)c1cc(F)ccc1Cl. The number of sulfonamides is 1. The molecule has 0 heterocycles. The summed E-state index contributed by atoms with van der Waals surface area (Å²) in [5.74, 6) is -0.663. The molecule has 0 aliphatic rings. The predicted molar refractivity (Wildman–Crippen MR) is 81.3 cm³/mol. The van der Waals surface area contributed by atoms with Crippen molar-refractivity contribution in [3.63, 3.8) is 0 Å². The number of hydrogen-bond donors (Lipinski definition) is 1. The molecule has 20 heavy (non-hydrogen) atoms. The lowest BCUT2D eigenvalue weighted by Gasteiger charge is -2.10. The molecule has 0 spiro atoms. The van der Waals surface area contributed by atoms with Crippen LogP contribution in [0.3, 0.4) is 0 Å². The van der Waals surface area contributed by atoms with E-state index < -0.39 is 15.8 Å². The van der Waals surface area contributed by atoms with Crippen molar-refractivity contribution in [2.45, 2.75) is 10.2 Å². The molecule has 0 fully saturated rings. The molecule has 1 N–H and O–H groups in total. The van der Waals surface area contributed by atoms with Crippen molar-refractivity contribution >= 4 is 43.2 Å². The molecule has 2 aromatic carbocycles. The van der Waals surface area contributed by atoms with Crippen LogP contribution in [0.25, 0.3) is 0 Å². The molecular formula is C13H10BrClFNO2S. The van der Waals surface area contributed by atoms with E-state index in [0.29, 0.717) is 11.0 Å². The third kappa shape index (κ3) is 3.50. The molecule has 7 heteroatoms. The van der Waals surface area contributed by atoms with Crippen LogP contribution in [0.15, 0.2) is 47.4 Å². The van der Waals surface area contributed by atoms with E-state index in [1.165, 1.54) is 6.07 Å². The monoisotopic (exact) mass is 377 g/mol. The van der Waals surface area contributed by atoms with Gasteiger partial charge in [0.1, 0.15) is 10.7 Å². The number of alkyl halides is 1. The molecule has 0 atom stereocenters. The number of anilines is 1. The second-order valence-electron chi connectivity index (χ2n) is 4.01. The fraction of sp³-hybridized carbons (Fsp3) is 0.0769. The minimum atomic E-state index is -3.92. The molecule has 0 radical (unpaired) electrons. The van der Waals surface area contributed by atoms with E-state index in [9.17, 15) is 12.8 Å². The molecule has 0 amide bonds. The number of benzene rings is 2. The summed E-state index contributed by atoms with van der Waals surface area (Å²) in [5.41, 5.74) is 1.40. The Hall–Kier alpha value is -1.11. The van der Waals surface area contributed by atoms with Gasteiger partial charge in [-0.3, -0.25) is 4.72 Å². The van der Waals surface area contributed by atoms with E-state index in [1.54, 1.807) is 24.3 Å². The van der Waals surface area contributed by atoms with Gasteiger partial charge in [0.2, 0.25) is 0 Å². The first kappa shape index (κ1) is 15.3. The van der Waals surface area contributed by atoms with Gasteiger partial charge in [0, 0.05) is 11.0 Å². The Morgan fingerprint density at radius 1 is 1.15 bits per heavy atom. The van der Waals surface area contributed by atoms with Gasteiger partial charge in [0.25, 0.3) is 10.0 Å². The van der Waals surface area contributed by atoms with Crippen molar-refractivity contribution in [3.05, 3.63) is 58.9 Å². The predicted octanol–water partition coefficient (Wildman–Crippen LogP) is 4.17. The van der Waals surface area contributed by atoms with E-state index in [0.717, 1.165) is 17.7 Å². The van der Waals surface area contributed by atoms with Crippen LogP contribution in [-0.2, 0) is 15.4 Å². The molecule has 3 nitrogen and oxygen atoms in total. The third-order valence-electron chi connectivity index (χ3n) is 2.54. The highest BCUT2D eigenvalue weighted by Gasteiger charge is 2.18. The Morgan fingerprint density at radius 2 is 1.80 bits per heavy atom. The van der Waals surface area contributed by atoms with E-state index in [-0.39, 0.29) is 9.92 Å². The smallest absolute Gasteiger partial charge is 0.263 e. The Bertz CT molecular complexity index is 720. The van der Waals surface area contributed by atoms with Gasteiger partial charge in [0.05, 0.1) is 5.02 Å². The number of hydrogen-bond acceptors (Lipinski definition) is 2. The van der Waals surface area contributed by atoms with Gasteiger partial charge in [-0.05, 0) is 35.9 Å². The van der Waals surface area contributed by atoms with Crippen molar-refractivity contribution in [2.24, 2.45) is 0 Å². The minimum Gasteiger partial charge on any atom is -0.280 e. The lowest BCUT2D eigenvalue weighted by molar-refractivity contribution is 0.595. The fourth-order valence-corrected chi connectivity index (χ4v) is 3.50. The topological polar surface area (TPSA) is 46.2 Å². The van der Waals surface area contributed by atoms with Crippen molar-refractivity contribution in [1.82, 2.24) is 0 Å². The van der Waals surface area contributed by atoms with Crippen LogP contribution >= 0.6 is 27.5 Å². The lowest BCUT2D eigenvalue weighted by Crippen LogP contribution is -2.13. The zero-order valence-corrected chi connectivity index (χ0v) is 13.3. The summed E-state index contributed by atoms with van der Waals surface area (Å²) < 4.78 is 39.8. The lowest BCUT2D eigenvalue weighted by atomic mass is 10.2. The second-order valence-corrected chi connectivity index (χ2v) is 6.63. The average molecular weight is 379 g/mol. The van der Waals surface area contributed by atoms with Crippen LogP contribution in [0.1, 0.15) is 5.56 Å². The molecule has 2 aromatic rings. The molecule has 0 bridgehead atoms. The van der Waals surface area contributed by atoms with Crippen molar-refractivity contribution in [1.29, 1.82) is 0 Å². The van der Waals surface area contributed by atoms with Gasteiger partial charge < -0.3 is 0 Å². The first-order chi connectivity index (χ1) is 9.42. The van der Waals surface area contributed by atoms with Crippen molar-refractivity contribution < 1.29 is 12.8 Å². The molecule has 0 saturated heterocycles. The second kappa shape index (κ2) is 6.11. The molecule has 0 aromatic heterocycles. The highest BCUT2D eigenvalue weighted by molar-refractivity contribution is 9.08. The molecule has 0 aliphatic heterocycles. The van der Waals surface area contributed by atoms with E-state index in [2.05, 4.69) is 20.7 Å². The first-order valence-electron chi connectivity index (χ1n) is 5.55. The van der Waals surface area contributed by atoms with Crippen LogP contribution in [0.4, 0.5) is 10.1 Å². The minimum absolute atomic E-state index is 0.0315. The van der Waals surface area contributed by atoms with Crippen LogP contribution in [0.2, 0.25) is 5.02 Å². The quantitative estimate of drug-likeness (QED) is 0.812. The normalized spacial score (nSPS) is 11.3. The maximum absolute atomic E-state index is 13.2. The summed E-state index contributed by atoms with van der Waals surface area (Å²) >= 11 is 9.10. The highest BCUT2D eigenvalue weighted by atomic mass is 79.9. The molecule has 2 rings (SSSR count). The molecule has 0 aliphatic carbocycles. The Morgan fingerprint density at radius 3 is 2.40 bits per heavy atom. The summed E-state index contributed by atoms with van der Waals surface area (Å²) in [7, 11) is -3.92. The van der Waals surface area contributed by atoms with E-state index in [1.807, 2.05) is 0 Å². The molecule has 106 valence electrons. The summed E-state index contributed by atoms with van der Waals surface area (Å²) in [4.78, 5) is -0.288. The third-order valence-corrected chi connectivity index (χ3v) is 5.05. The van der Waals surface area contributed by atoms with E-state index >= 15 is 0 Å². The van der Waals surface area contributed by atoms with Gasteiger partial charge in [0.15, 0.2) is 0 Å². The van der Waals surface area contributed by atoms with Crippen LogP contribution < -0.4 is 4.72 Å². The molecular weight excluding hydrogens is 369 g/mol. The first-order valence-corrected chi connectivity index (χ1v) is 8.53. The summed E-state index contributed by atoms with van der Waals surface area (Å²) in [6.45, 7) is 0. The number of nitrogens with one attached hydrogen (secondary N) is 1. The van der Waals surface area contributed by atoms with Gasteiger partial charge >= 0.3 is 0 Å². The van der Waals surface area contributed by atoms with Crippen molar-refractivity contribution in [3.8, 4) is 0 Å². The zero-order valence-electron chi connectivity index (χ0n) is 10.1. The summed E-state index contributed by atoms with van der Waals surface area (Å²) in [6.07, 6.45) is 0. The van der Waals surface area contributed by atoms with Crippen LogP contribution in [-0.4, -0.2) is 8.42 Å². The summed E-state index contributed by atoms with van der Waals surface area (Å²) in [6, 6.07) is 10.0. The Balaban J connectivity index is 2.32. The van der Waals surface area contributed by atoms with Gasteiger partial charge in [-0.2, -0.15) is 0 Å². The average Bonchev–Trinajstić information content (AvgIpc) is 2.42. The van der Waals surface area contributed by atoms with Gasteiger partial charge in [-0.1, -0.05) is 39.7 Å². The Labute approximate surface area is 130 Å². The maximum atomic E-state index is 13.2. The fourth-order valence-electron chi connectivity index (χ4n) is 1.56. The van der Waals surface area contributed by atoms with E-state index in [4.69, 9.17) is 11.6 Å². The summed E-state index contributed by atoms with van der Waals surface area (Å²) in [5, 5.41) is 0.645. The van der Waals surface area contributed by atoms with Crippen LogP contribution in [0, 0.1) is 5.82 Å². The molecule has 0 unspecified atom stereocenters. The number of halogens is 3.